The highest BCUT2D eigenvalue weighted by atomic mass is 16.1. The molecular formula is C34H58O. The summed E-state index contributed by atoms with van der Waals surface area (Å²) in [6, 6.07) is 0. The van der Waals surface area contributed by atoms with Crippen LogP contribution in [0.2, 0.25) is 0 Å². The van der Waals surface area contributed by atoms with E-state index in [9.17, 15) is 4.79 Å². The van der Waals surface area contributed by atoms with Crippen LogP contribution in [0.4, 0.5) is 0 Å². The number of ketones is 1. The van der Waals surface area contributed by atoms with E-state index in [2.05, 4.69) is 48.5 Å². The lowest BCUT2D eigenvalue weighted by Crippen LogP contribution is -2.66. The SMILES string of the molecule is CCCCC1CC[C@]2(C(C)=O)CC[C@]3(C)[C@H](CC[C@@H]4[C@@]5(C)CCC(CC)C(C)(C)C5CC[C@]43C)C12. The van der Waals surface area contributed by atoms with Crippen molar-refractivity contribution in [1.82, 2.24) is 0 Å². The highest BCUT2D eigenvalue weighted by molar-refractivity contribution is 5.83. The molecule has 200 valence electrons. The van der Waals surface area contributed by atoms with Gasteiger partial charge in [0.05, 0.1) is 0 Å². The maximum Gasteiger partial charge on any atom is 0.136 e. The number of hydrogen-bond donors (Lipinski definition) is 0. The lowest BCUT2D eigenvalue weighted by molar-refractivity contribution is -0.242. The van der Waals surface area contributed by atoms with Gasteiger partial charge in [0.1, 0.15) is 5.78 Å². The second-order valence-electron chi connectivity index (χ2n) is 15.8. The maximum atomic E-state index is 13.3. The number of Topliss-reactive ketones (excluding diaryl/α,β-unsaturated/α-hetero) is 1. The van der Waals surface area contributed by atoms with Gasteiger partial charge in [0.15, 0.2) is 0 Å². The standard InChI is InChI=1S/C34H58O/c1-9-11-12-24-15-20-34(23(3)35)22-21-32(7)26(29(24)34)13-14-28-31(6)18-16-25(10-2)30(4,5)27(31)17-19-33(28,32)8/h24-29H,9-22H2,1-8H3/t24?,25?,26-,27?,28-,29?,31+,32-,33-,34-/m1/s1. The number of fused-ring (bicyclic) bond motifs is 7. The van der Waals surface area contributed by atoms with Crippen molar-refractivity contribution in [2.24, 2.45) is 62.6 Å². The summed E-state index contributed by atoms with van der Waals surface area (Å²) in [5.74, 6) is 5.44. The summed E-state index contributed by atoms with van der Waals surface area (Å²) >= 11 is 0. The van der Waals surface area contributed by atoms with E-state index in [1.54, 1.807) is 0 Å². The summed E-state index contributed by atoms with van der Waals surface area (Å²) < 4.78 is 0. The fourth-order valence-electron chi connectivity index (χ4n) is 12.9. The molecular weight excluding hydrogens is 424 g/mol. The molecule has 4 unspecified atom stereocenters. The van der Waals surface area contributed by atoms with Gasteiger partial charge >= 0.3 is 0 Å². The van der Waals surface area contributed by atoms with Gasteiger partial charge in [-0.15, -0.1) is 0 Å². The Morgan fingerprint density at radius 1 is 0.771 bits per heavy atom. The minimum atomic E-state index is 0.0219. The van der Waals surface area contributed by atoms with E-state index >= 15 is 0 Å². The Hall–Kier alpha value is -0.330. The van der Waals surface area contributed by atoms with Crippen LogP contribution < -0.4 is 0 Å². The molecule has 5 fully saturated rings. The third-order valence-corrected chi connectivity index (χ3v) is 14.9. The molecule has 5 aliphatic rings. The molecule has 5 aliphatic carbocycles. The average Bonchev–Trinajstić information content (AvgIpc) is 3.18. The van der Waals surface area contributed by atoms with Gasteiger partial charge in [0, 0.05) is 5.41 Å². The average molecular weight is 483 g/mol. The molecule has 0 aromatic carbocycles. The summed E-state index contributed by atoms with van der Waals surface area (Å²) in [4.78, 5) is 13.3. The van der Waals surface area contributed by atoms with Crippen LogP contribution in [0.3, 0.4) is 0 Å². The molecule has 0 N–H and O–H groups in total. The molecule has 0 aromatic rings. The Kier molecular flexibility index (Phi) is 6.45. The van der Waals surface area contributed by atoms with Crippen molar-refractivity contribution in [1.29, 1.82) is 0 Å². The van der Waals surface area contributed by atoms with Gasteiger partial charge in [-0.2, -0.15) is 0 Å². The lowest BCUT2D eigenvalue weighted by Gasteiger charge is -2.73. The molecule has 0 radical (unpaired) electrons. The Morgan fingerprint density at radius 3 is 2.17 bits per heavy atom. The normalized spacial score (nSPS) is 52.7. The predicted octanol–water partition coefficient (Wildman–Crippen LogP) is 9.87. The Morgan fingerprint density at radius 2 is 1.51 bits per heavy atom. The van der Waals surface area contributed by atoms with Gasteiger partial charge in [-0.25, -0.2) is 0 Å². The van der Waals surface area contributed by atoms with E-state index in [1.807, 2.05) is 6.92 Å². The molecule has 35 heavy (non-hydrogen) atoms. The first-order valence-corrected chi connectivity index (χ1v) is 15.9. The highest BCUT2D eigenvalue weighted by Crippen LogP contribution is 2.77. The minimum absolute atomic E-state index is 0.0219. The maximum absolute atomic E-state index is 13.3. The van der Waals surface area contributed by atoms with E-state index in [0.29, 0.717) is 33.4 Å². The van der Waals surface area contributed by atoms with E-state index in [1.165, 1.54) is 89.9 Å². The zero-order valence-corrected chi connectivity index (χ0v) is 24.8. The topological polar surface area (TPSA) is 17.1 Å². The second-order valence-corrected chi connectivity index (χ2v) is 15.8. The lowest BCUT2D eigenvalue weighted by atomic mass is 9.31. The number of carbonyl (C=O) groups is 1. The van der Waals surface area contributed by atoms with E-state index in [0.717, 1.165) is 29.6 Å². The predicted molar refractivity (Wildman–Crippen MR) is 148 cm³/mol. The Bertz CT molecular complexity index is 826. The van der Waals surface area contributed by atoms with Crippen molar-refractivity contribution in [2.75, 3.05) is 0 Å². The first-order chi connectivity index (χ1) is 16.4. The van der Waals surface area contributed by atoms with Crippen molar-refractivity contribution in [3.05, 3.63) is 0 Å². The molecule has 5 rings (SSSR count). The third-order valence-electron chi connectivity index (χ3n) is 14.9. The summed E-state index contributed by atoms with van der Waals surface area (Å²) in [6.07, 6.45) is 19.0. The monoisotopic (exact) mass is 482 g/mol. The van der Waals surface area contributed by atoms with Crippen LogP contribution in [0.15, 0.2) is 0 Å². The van der Waals surface area contributed by atoms with E-state index < -0.39 is 0 Å². The summed E-state index contributed by atoms with van der Waals surface area (Å²) in [7, 11) is 0. The van der Waals surface area contributed by atoms with Crippen LogP contribution in [0.5, 0.6) is 0 Å². The van der Waals surface area contributed by atoms with Gasteiger partial charge in [-0.3, -0.25) is 4.79 Å². The van der Waals surface area contributed by atoms with Gasteiger partial charge in [-0.05, 0) is 128 Å². The van der Waals surface area contributed by atoms with Crippen molar-refractivity contribution in [2.45, 2.75) is 145 Å². The molecule has 0 spiro atoms. The van der Waals surface area contributed by atoms with Gasteiger partial charge < -0.3 is 0 Å². The molecule has 0 bridgehead atoms. The smallest absolute Gasteiger partial charge is 0.136 e. The Labute approximate surface area is 218 Å². The van der Waals surface area contributed by atoms with Gasteiger partial charge in [-0.1, -0.05) is 74.1 Å². The van der Waals surface area contributed by atoms with Crippen LogP contribution in [0, 0.1) is 62.6 Å². The second kappa shape index (κ2) is 8.59. The quantitative estimate of drug-likeness (QED) is 0.381. The first-order valence-electron chi connectivity index (χ1n) is 15.9. The van der Waals surface area contributed by atoms with E-state index in [-0.39, 0.29) is 5.41 Å². The highest BCUT2D eigenvalue weighted by Gasteiger charge is 2.71. The fourth-order valence-corrected chi connectivity index (χ4v) is 12.9. The molecule has 0 amide bonds. The van der Waals surface area contributed by atoms with E-state index in [4.69, 9.17) is 0 Å². The summed E-state index contributed by atoms with van der Waals surface area (Å²) in [6.45, 7) is 20.3. The minimum Gasteiger partial charge on any atom is -0.299 e. The molecule has 1 nitrogen and oxygen atoms in total. The molecule has 5 saturated carbocycles. The summed E-state index contributed by atoms with van der Waals surface area (Å²) in [5.41, 5.74) is 1.86. The number of carbonyl (C=O) groups excluding carboxylic acids is 1. The molecule has 10 atom stereocenters. The van der Waals surface area contributed by atoms with Crippen LogP contribution in [-0.4, -0.2) is 5.78 Å². The Balaban J connectivity index is 1.52. The summed E-state index contributed by atoms with van der Waals surface area (Å²) in [5, 5.41) is 0. The number of hydrogen-bond acceptors (Lipinski definition) is 1. The molecule has 1 heteroatoms. The van der Waals surface area contributed by atoms with Crippen molar-refractivity contribution in [3.8, 4) is 0 Å². The zero-order chi connectivity index (χ0) is 25.4. The fraction of sp³-hybridized carbons (Fsp3) is 0.971. The molecule has 0 saturated heterocycles. The van der Waals surface area contributed by atoms with Crippen molar-refractivity contribution < 1.29 is 4.79 Å². The largest absolute Gasteiger partial charge is 0.299 e. The number of rotatable bonds is 5. The van der Waals surface area contributed by atoms with Gasteiger partial charge in [0.2, 0.25) is 0 Å². The molecule has 0 aliphatic heterocycles. The van der Waals surface area contributed by atoms with Crippen LogP contribution in [0.1, 0.15) is 145 Å². The number of unbranched alkanes of at least 4 members (excludes halogenated alkanes) is 1. The van der Waals surface area contributed by atoms with Crippen LogP contribution >= 0.6 is 0 Å². The third kappa shape index (κ3) is 3.33. The van der Waals surface area contributed by atoms with Crippen molar-refractivity contribution in [3.63, 3.8) is 0 Å². The first kappa shape index (κ1) is 26.3. The van der Waals surface area contributed by atoms with Crippen LogP contribution in [-0.2, 0) is 4.79 Å². The molecule has 0 heterocycles. The molecule has 0 aromatic heterocycles. The van der Waals surface area contributed by atoms with Gasteiger partial charge in [0.25, 0.3) is 0 Å². The van der Waals surface area contributed by atoms with Crippen molar-refractivity contribution >= 4 is 5.78 Å². The zero-order valence-electron chi connectivity index (χ0n) is 24.8. The van der Waals surface area contributed by atoms with Crippen LogP contribution in [0.25, 0.3) is 0 Å².